The fourth-order valence-electron chi connectivity index (χ4n) is 3.01. The summed E-state index contributed by atoms with van der Waals surface area (Å²) in [5.41, 5.74) is -1.14. The van der Waals surface area contributed by atoms with Crippen molar-refractivity contribution >= 4 is 51.4 Å². The SMILES string of the molecule is COCC1=C(C(=O)OC(C)OC(=O)C(C)(C)C)N2C(=O)C(NC(=O)C(N=O)=C(O)CBr)[C@@H]2SC1. The minimum Gasteiger partial charge on any atom is -0.509 e. The number of nitroso groups, excluding NO2 is 1. The lowest BCUT2D eigenvalue weighted by molar-refractivity contribution is -0.190. The summed E-state index contributed by atoms with van der Waals surface area (Å²) in [5, 5.41) is 13.7. The Hall–Kier alpha value is -2.45. The van der Waals surface area contributed by atoms with E-state index in [1.54, 1.807) is 20.8 Å². The molecule has 2 unspecified atom stereocenters. The van der Waals surface area contributed by atoms with Crippen LogP contribution in [0.3, 0.4) is 0 Å². The standard InChI is InChI=1S/C20H26BrN3O9S/c1-9(33-19(29)20(2,3)4)32-18(28)14-10(7-31-5)8-34-17-13(16(27)24(14)17)22-15(26)12(23-30)11(25)6-21/h9,13,17,25H,6-8H2,1-5H3,(H,22,26)/t9?,13?,17-/m0/s1. The Bertz CT molecular complexity index is 944. The Morgan fingerprint density at radius 1 is 1.32 bits per heavy atom. The number of aliphatic hydroxyl groups is 1. The van der Waals surface area contributed by atoms with Gasteiger partial charge in [0.25, 0.3) is 11.8 Å². The zero-order valence-electron chi connectivity index (χ0n) is 19.2. The molecule has 34 heavy (non-hydrogen) atoms. The van der Waals surface area contributed by atoms with Gasteiger partial charge in [-0.15, -0.1) is 16.7 Å². The summed E-state index contributed by atoms with van der Waals surface area (Å²) in [6, 6.07) is -1.07. The second-order valence-electron chi connectivity index (χ2n) is 8.39. The number of carbonyl (C=O) groups is 4. The van der Waals surface area contributed by atoms with E-state index in [0.29, 0.717) is 5.57 Å². The van der Waals surface area contributed by atoms with Gasteiger partial charge in [-0.25, -0.2) is 4.79 Å². The van der Waals surface area contributed by atoms with Gasteiger partial charge < -0.3 is 24.6 Å². The Kier molecular flexibility index (Phi) is 9.25. The maximum atomic E-state index is 13.0. The van der Waals surface area contributed by atoms with Gasteiger partial charge >= 0.3 is 11.9 Å². The van der Waals surface area contributed by atoms with Crippen LogP contribution in [0.1, 0.15) is 27.7 Å². The van der Waals surface area contributed by atoms with E-state index in [-0.39, 0.29) is 23.4 Å². The first kappa shape index (κ1) is 27.8. The maximum absolute atomic E-state index is 13.0. The number of aliphatic hydroxyl groups excluding tert-OH is 1. The number of methoxy groups -OCH3 is 1. The summed E-state index contributed by atoms with van der Waals surface area (Å²) in [4.78, 5) is 62.3. The van der Waals surface area contributed by atoms with E-state index in [4.69, 9.17) is 14.2 Å². The third kappa shape index (κ3) is 5.96. The molecule has 0 aromatic heterocycles. The van der Waals surface area contributed by atoms with Crippen molar-refractivity contribution in [1.82, 2.24) is 10.2 Å². The zero-order chi connectivity index (χ0) is 25.8. The van der Waals surface area contributed by atoms with Gasteiger partial charge in [-0.2, -0.15) is 0 Å². The largest absolute Gasteiger partial charge is 0.509 e. The fourth-order valence-corrected chi connectivity index (χ4v) is 4.61. The number of ether oxygens (including phenoxy) is 3. The van der Waals surface area contributed by atoms with Crippen molar-refractivity contribution < 1.29 is 38.5 Å². The number of thioether (sulfide) groups is 1. The number of carbonyl (C=O) groups excluding carboxylic acids is 4. The lowest BCUT2D eigenvalue weighted by atomic mass is 9.97. The summed E-state index contributed by atoms with van der Waals surface area (Å²) >= 11 is 4.18. The number of rotatable bonds is 9. The van der Waals surface area contributed by atoms with Crippen molar-refractivity contribution in [2.45, 2.75) is 45.4 Å². The number of allylic oxidation sites excluding steroid dienone is 1. The average molecular weight is 564 g/mol. The van der Waals surface area contributed by atoms with E-state index >= 15 is 0 Å². The van der Waals surface area contributed by atoms with E-state index in [1.807, 2.05) is 0 Å². The predicted molar refractivity (Wildman–Crippen MR) is 124 cm³/mol. The highest BCUT2D eigenvalue weighted by molar-refractivity contribution is 9.09. The van der Waals surface area contributed by atoms with Crippen LogP contribution in [0.2, 0.25) is 0 Å². The Morgan fingerprint density at radius 3 is 2.50 bits per heavy atom. The Balaban J connectivity index is 2.21. The molecule has 2 aliphatic heterocycles. The van der Waals surface area contributed by atoms with E-state index < -0.39 is 58.3 Å². The van der Waals surface area contributed by atoms with Crippen molar-refractivity contribution in [3.05, 3.63) is 27.6 Å². The molecule has 2 rings (SSSR count). The number of nitrogens with zero attached hydrogens (tertiary/aromatic N) is 2. The van der Waals surface area contributed by atoms with Gasteiger partial charge in [0.15, 0.2) is 0 Å². The summed E-state index contributed by atoms with van der Waals surface area (Å²) in [6.45, 7) is 6.37. The molecule has 0 aromatic rings. The number of hydrogen-bond acceptors (Lipinski definition) is 11. The van der Waals surface area contributed by atoms with Gasteiger partial charge in [0.2, 0.25) is 12.0 Å². The van der Waals surface area contributed by atoms with Crippen molar-refractivity contribution in [1.29, 1.82) is 0 Å². The molecule has 188 valence electrons. The molecule has 2 heterocycles. The highest BCUT2D eigenvalue weighted by Crippen LogP contribution is 2.41. The number of amides is 2. The van der Waals surface area contributed by atoms with Gasteiger partial charge in [0.1, 0.15) is 22.9 Å². The lowest BCUT2D eigenvalue weighted by Crippen LogP contribution is -2.70. The first-order valence-corrected chi connectivity index (χ1v) is 12.2. The molecule has 0 aromatic carbocycles. The number of fused-ring (bicyclic) bond motifs is 1. The molecule has 0 bridgehead atoms. The zero-order valence-corrected chi connectivity index (χ0v) is 21.6. The molecule has 1 fully saturated rings. The third-order valence-electron chi connectivity index (χ3n) is 4.71. The molecule has 2 amide bonds. The second kappa shape index (κ2) is 11.3. The molecular weight excluding hydrogens is 538 g/mol. The number of β-lactam (4-membered cyclic amide) rings is 1. The van der Waals surface area contributed by atoms with E-state index in [2.05, 4.69) is 26.4 Å². The van der Waals surface area contributed by atoms with Gasteiger partial charge in [-0.05, 0) is 31.5 Å². The number of esters is 2. The average Bonchev–Trinajstić information content (AvgIpc) is 2.76. The van der Waals surface area contributed by atoms with Crippen LogP contribution in [0, 0.1) is 10.3 Å². The van der Waals surface area contributed by atoms with Gasteiger partial charge in [0.05, 0.1) is 17.4 Å². The molecule has 2 N–H and O–H groups in total. The van der Waals surface area contributed by atoms with E-state index in [0.717, 1.165) is 4.90 Å². The Morgan fingerprint density at radius 2 is 1.97 bits per heavy atom. The monoisotopic (exact) mass is 563 g/mol. The minimum absolute atomic E-state index is 0.0438. The smallest absolute Gasteiger partial charge is 0.358 e. The van der Waals surface area contributed by atoms with Crippen LogP contribution >= 0.6 is 27.7 Å². The molecule has 1 saturated heterocycles. The first-order chi connectivity index (χ1) is 15.9. The number of alkyl halides is 1. The maximum Gasteiger partial charge on any atom is 0.358 e. The van der Waals surface area contributed by atoms with Gasteiger partial charge in [-0.3, -0.25) is 19.3 Å². The molecule has 3 atom stereocenters. The molecular formula is C20H26BrN3O9S. The van der Waals surface area contributed by atoms with Gasteiger partial charge in [-0.1, -0.05) is 15.9 Å². The third-order valence-corrected chi connectivity index (χ3v) is 6.58. The van der Waals surface area contributed by atoms with Crippen LogP contribution in [-0.4, -0.2) is 76.3 Å². The van der Waals surface area contributed by atoms with E-state index in [1.165, 1.54) is 25.8 Å². The molecule has 0 radical (unpaired) electrons. The van der Waals surface area contributed by atoms with Crippen LogP contribution < -0.4 is 5.32 Å². The number of nitrogens with one attached hydrogen (secondary N) is 1. The normalized spacial score (nSPS) is 21.6. The predicted octanol–water partition coefficient (Wildman–Crippen LogP) is 1.70. The minimum atomic E-state index is -1.21. The molecule has 12 nitrogen and oxygen atoms in total. The lowest BCUT2D eigenvalue weighted by Gasteiger charge is -2.49. The quantitative estimate of drug-likeness (QED) is 0.0802. The van der Waals surface area contributed by atoms with Crippen LogP contribution in [0.4, 0.5) is 0 Å². The van der Waals surface area contributed by atoms with Crippen LogP contribution in [0.15, 0.2) is 27.9 Å². The fraction of sp³-hybridized carbons (Fsp3) is 0.600. The summed E-state index contributed by atoms with van der Waals surface area (Å²) < 4.78 is 15.6. The summed E-state index contributed by atoms with van der Waals surface area (Å²) in [5.74, 6) is -3.41. The summed E-state index contributed by atoms with van der Waals surface area (Å²) in [7, 11) is 1.43. The molecule has 0 saturated carbocycles. The first-order valence-electron chi connectivity index (χ1n) is 10.1. The van der Waals surface area contributed by atoms with Crippen LogP contribution in [-0.2, 0) is 33.4 Å². The van der Waals surface area contributed by atoms with Crippen molar-refractivity contribution in [3.8, 4) is 0 Å². The highest BCUT2D eigenvalue weighted by atomic mass is 79.9. The van der Waals surface area contributed by atoms with Crippen molar-refractivity contribution in [3.63, 3.8) is 0 Å². The van der Waals surface area contributed by atoms with Crippen LogP contribution in [0.25, 0.3) is 0 Å². The van der Waals surface area contributed by atoms with Crippen LogP contribution in [0.5, 0.6) is 0 Å². The topological polar surface area (TPSA) is 161 Å². The van der Waals surface area contributed by atoms with E-state index in [9.17, 15) is 29.2 Å². The molecule has 14 heteroatoms. The number of halogens is 1. The van der Waals surface area contributed by atoms with Crippen molar-refractivity contribution in [2.24, 2.45) is 10.6 Å². The molecule has 0 aliphatic carbocycles. The molecule has 0 spiro atoms. The molecule has 2 aliphatic rings. The highest BCUT2D eigenvalue weighted by Gasteiger charge is 2.55. The van der Waals surface area contributed by atoms with Crippen molar-refractivity contribution in [2.75, 3.05) is 24.8 Å². The Labute approximate surface area is 208 Å². The summed E-state index contributed by atoms with van der Waals surface area (Å²) in [6.07, 6.45) is -1.21. The van der Waals surface area contributed by atoms with Gasteiger partial charge in [0, 0.05) is 19.8 Å². The number of hydrogen-bond donors (Lipinski definition) is 2. The second-order valence-corrected chi connectivity index (χ2v) is 10.1.